The van der Waals surface area contributed by atoms with E-state index >= 15 is 0 Å². The van der Waals surface area contributed by atoms with Gasteiger partial charge in [-0.2, -0.15) is 0 Å². The molecule has 7 heteroatoms. The first kappa shape index (κ1) is 30.8. The Morgan fingerprint density at radius 2 is 1.05 bits per heavy atom. The van der Waals surface area contributed by atoms with Gasteiger partial charge in [0.2, 0.25) is 0 Å². The van der Waals surface area contributed by atoms with E-state index in [1.165, 1.54) is 51.5 Å². The number of rotatable bonds is 1. The molecule has 0 amide bonds. The van der Waals surface area contributed by atoms with E-state index in [0.29, 0.717) is 6.04 Å². The Hall–Kier alpha value is -1.03. The van der Waals surface area contributed by atoms with E-state index in [2.05, 4.69) is 42.4 Å². The quantitative estimate of drug-likeness (QED) is 0.340. The van der Waals surface area contributed by atoms with E-state index in [-0.39, 0.29) is 0 Å². The van der Waals surface area contributed by atoms with Crippen LogP contribution in [0.4, 0.5) is 0 Å². The minimum atomic E-state index is 0.635. The van der Waals surface area contributed by atoms with E-state index in [4.69, 9.17) is 23.3 Å². The molecule has 0 bridgehead atoms. The second-order valence-corrected chi connectivity index (χ2v) is 3.17. The van der Waals surface area contributed by atoms with Crippen molar-refractivity contribution in [2.45, 2.75) is 38.1 Å². The van der Waals surface area contributed by atoms with Gasteiger partial charge in [-0.3, -0.25) is 0 Å². The third-order valence-electron chi connectivity index (χ3n) is 1.81. The zero-order valence-electron chi connectivity index (χ0n) is 10.0. The molecule has 1 aliphatic rings. The van der Waals surface area contributed by atoms with Gasteiger partial charge in [0.25, 0.3) is 0 Å². The van der Waals surface area contributed by atoms with E-state index in [1.807, 2.05) is 0 Å². The number of aliphatic imine (C=N–C) groups is 1. The summed E-state index contributed by atoms with van der Waals surface area (Å²) in [5.41, 5.74) is 0. The molecule has 0 radical (unpaired) electrons. The van der Waals surface area contributed by atoms with Crippen molar-refractivity contribution in [2.75, 3.05) is 0 Å². The Morgan fingerprint density at radius 3 is 1.32 bits per heavy atom. The van der Waals surface area contributed by atoms with Crippen LogP contribution in [0.25, 0.3) is 0 Å². The van der Waals surface area contributed by atoms with Crippen molar-refractivity contribution in [3.8, 4) is 0 Å². The number of hydrogen-bond donors (Lipinski definition) is 0. The summed E-state index contributed by atoms with van der Waals surface area (Å²) in [7, 11) is 0. The Labute approximate surface area is 123 Å². The Bertz CT molecular complexity index is 259. The van der Waals surface area contributed by atoms with Crippen LogP contribution in [0.5, 0.6) is 0 Å². The maximum atomic E-state index is 7.50. The summed E-state index contributed by atoms with van der Waals surface area (Å²) in [6.45, 7) is 22.5. The molecule has 1 fully saturated rings. The zero-order chi connectivity index (χ0) is 16.5. The fraction of sp³-hybridized carbons (Fsp3) is 0.500. The van der Waals surface area contributed by atoms with Gasteiger partial charge < -0.3 is 0 Å². The van der Waals surface area contributed by atoms with Gasteiger partial charge in [0.05, 0.1) is 0 Å². The minimum absolute atomic E-state index is 0.635. The third kappa shape index (κ3) is 38.3. The standard InChI is InChI=1S/C7H11N.5CO.W/c1-8-7-5-3-2-4-6-7;5*1-2;/h7H,2-6H2;;;;;;. The summed E-state index contributed by atoms with van der Waals surface area (Å²) in [4.78, 5) is 4.27. The first-order valence-electron chi connectivity index (χ1n) is 4.52. The first-order valence-corrected chi connectivity index (χ1v) is 5.99. The summed E-state index contributed by atoms with van der Waals surface area (Å²) < 4.78 is 40.4. The molecule has 1 saturated carbocycles. The number of nitrogens with zero attached hydrogens (tertiary/aromatic N) is 1. The molecular weight excluding hydrogens is 422 g/mol. The predicted molar refractivity (Wildman–Crippen MR) is 54.0 cm³/mol. The van der Waals surface area contributed by atoms with Gasteiger partial charge in [-0.15, -0.1) is 0 Å². The average molecular weight is 433 g/mol. The molecule has 0 N–H and O–H groups in total. The van der Waals surface area contributed by atoms with Crippen LogP contribution in [-0.2, 0) is 42.6 Å². The average Bonchev–Trinajstić information content (AvgIpc) is 2.58. The van der Waals surface area contributed by atoms with Crippen LogP contribution in [0.15, 0.2) is 4.99 Å². The van der Waals surface area contributed by atoms with Crippen LogP contribution < -0.4 is 0 Å². The molecule has 0 unspecified atom stereocenters. The monoisotopic (exact) mass is 433 g/mol. The summed E-state index contributed by atoms with van der Waals surface area (Å²) >= 11 is 1.36. The van der Waals surface area contributed by atoms with E-state index in [9.17, 15) is 0 Å². The fourth-order valence-electron chi connectivity index (χ4n) is 1.28. The first-order chi connectivity index (χ1) is 9.43. The van der Waals surface area contributed by atoms with Crippen molar-refractivity contribution in [3.63, 3.8) is 0 Å². The second-order valence-electron chi connectivity index (χ2n) is 2.51. The molecule has 0 aromatic heterocycles. The summed E-state index contributed by atoms with van der Waals surface area (Å²) in [5.74, 6) is 0. The molecular formula is C12H11NO5W. The van der Waals surface area contributed by atoms with Gasteiger partial charge in [0, 0.05) is 0 Å². The van der Waals surface area contributed by atoms with E-state index < -0.39 is 0 Å². The molecule has 0 heterocycles. The van der Waals surface area contributed by atoms with Gasteiger partial charge in [0.15, 0.2) is 0 Å². The molecule has 0 spiro atoms. The van der Waals surface area contributed by atoms with Crippen molar-refractivity contribution in [2.24, 2.45) is 4.99 Å². The van der Waals surface area contributed by atoms with Gasteiger partial charge in [-0.25, -0.2) is 0 Å². The zero-order valence-corrected chi connectivity index (χ0v) is 12.9. The van der Waals surface area contributed by atoms with Crippen LogP contribution in [0.2, 0.25) is 0 Å². The summed E-state index contributed by atoms with van der Waals surface area (Å²) in [6, 6.07) is 0.635. The molecule has 0 aliphatic heterocycles. The normalized spacial score (nSPS) is 10.4. The molecule has 0 saturated heterocycles. The molecule has 19 heavy (non-hydrogen) atoms. The van der Waals surface area contributed by atoms with Crippen LogP contribution in [-0.4, -0.2) is 10.2 Å². The summed E-state index contributed by atoms with van der Waals surface area (Å²) in [6.07, 6.45) is 6.79. The van der Waals surface area contributed by atoms with Gasteiger partial charge in [-0.1, -0.05) is 0 Å². The van der Waals surface area contributed by atoms with Crippen molar-refractivity contribution < 1.29 is 42.6 Å². The van der Waals surface area contributed by atoms with Crippen molar-refractivity contribution in [1.29, 1.82) is 0 Å². The summed E-state index contributed by atoms with van der Waals surface area (Å²) in [5, 5.41) is 0. The molecule has 0 aromatic carbocycles. The second kappa shape index (κ2) is 53.8. The van der Waals surface area contributed by atoms with Crippen LogP contribution in [0, 0.1) is 33.3 Å². The fourth-order valence-corrected chi connectivity index (χ4v) is 1.82. The molecule has 1 rings (SSSR count). The van der Waals surface area contributed by atoms with Crippen LogP contribution >= 0.6 is 0 Å². The van der Waals surface area contributed by atoms with Gasteiger partial charge in [-0.05, 0) is 0 Å². The molecule has 6 nitrogen and oxygen atoms in total. The maximum absolute atomic E-state index is 7.50. The van der Waals surface area contributed by atoms with E-state index in [1.54, 1.807) is 0 Å². The van der Waals surface area contributed by atoms with Crippen molar-refractivity contribution in [1.82, 2.24) is 0 Å². The Kier molecular flexibility index (Phi) is 87.1. The molecule has 100 valence electrons. The van der Waals surface area contributed by atoms with Crippen molar-refractivity contribution >= 4 is 4.19 Å². The Balaban J connectivity index is -0.0000000557. The Morgan fingerprint density at radius 1 is 0.737 bits per heavy atom. The van der Waals surface area contributed by atoms with Crippen LogP contribution in [0.3, 0.4) is 0 Å². The van der Waals surface area contributed by atoms with Gasteiger partial charge in [0.1, 0.15) is 0 Å². The predicted octanol–water partition coefficient (Wildman–Crippen LogP) is 1.58. The van der Waals surface area contributed by atoms with Crippen LogP contribution in [0.1, 0.15) is 32.1 Å². The number of hydrogen-bond acceptors (Lipinski definition) is 1. The third-order valence-corrected chi connectivity index (χ3v) is 2.19. The van der Waals surface area contributed by atoms with E-state index in [0.717, 1.165) is 0 Å². The van der Waals surface area contributed by atoms with Gasteiger partial charge >= 0.3 is 123 Å². The SMILES string of the molecule is [C-]#[O+].[C-]#[O+].[C-]#[O+].[C-]#[O+].[C-]#[O+].[W]=[C]=NC1CCCCC1. The topological polar surface area (TPSA) is 112 Å². The molecule has 0 aromatic rings. The molecule has 1 aliphatic carbocycles. The van der Waals surface area contributed by atoms with Crippen molar-refractivity contribution in [3.05, 3.63) is 33.3 Å². The molecule has 0 atom stereocenters.